The molecule has 1 aliphatic carbocycles. The van der Waals surface area contributed by atoms with E-state index in [2.05, 4.69) is 6.58 Å². The summed E-state index contributed by atoms with van der Waals surface area (Å²) in [5, 5.41) is 0. The first-order valence-corrected chi connectivity index (χ1v) is 5.43. The van der Waals surface area contributed by atoms with E-state index in [4.69, 9.17) is 9.42 Å². The van der Waals surface area contributed by atoms with Gasteiger partial charge in [-0.15, -0.1) is 0 Å². The van der Waals surface area contributed by atoms with Crippen molar-refractivity contribution in [2.45, 2.75) is 31.8 Å². The Bertz CT molecular complexity index is 184. The maximum absolute atomic E-state index is 11.0. The molecular formula is C7H13O3P. The maximum Gasteiger partial charge on any atom is 0.351 e. The molecule has 0 aliphatic heterocycles. The molecule has 0 spiro atoms. The fourth-order valence-electron chi connectivity index (χ4n) is 1.25. The van der Waals surface area contributed by atoms with Crippen LogP contribution in [-0.4, -0.2) is 11.0 Å². The summed E-state index contributed by atoms with van der Waals surface area (Å²) in [5.74, 6) is 0.991. The van der Waals surface area contributed by atoms with E-state index in [0.717, 1.165) is 31.5 Å². The summed E-state index contributed by atoms with van der Waals surface area (Å²) in [6.07, 6.45) is 3.98. The third-order valence-corrected chi connectivity index (χ3v) is 2.89. The first-order chi connectivity index (χ1) is 5.14. The molecule has 0 amide bonds. The highest BCUT2D eigenvalue weighted by Crippen LogP contribution is 2.46. The van der Waals surface area contributed by atoms with Gasteiger partial charge in [-0.3, -0.25) is 4.57 Å². The van der Waals surface area contributed by atoms with Crippen molar-refractivity contribution < 1.29 is 14.0 Å². The Morgan fingerprint density at radius 1 is 1.55 bits per heavy atom. The molecule has 1 aliphatic rings. The van der Waals surface area contributed by atoms with Crippen LogP contribution in [0, 0.1) is 0 Å². The number of hydrogen-bond acceptors (Lipinski definition) is 2. The number of hydrogen-bond donors (Lipinski definition) is 1. The van der Waals surface area contributed by atoms with Gasteiger partial charge in [0.25, 0.3) is 0 Å². The van der Waals surface area contributed by atoms with Crippen LogP contribution in [-0.2, 0) is 9.09 Å². The highest BCUT2D eigenvalue weighted by molar-refractivity contribution is 7.56. The molecule has 1 atom stereocenters. The molecule has 3 nitrogen and oxygen atoms in total. The monoisotopic (exact) mass is 176 g/mol. The minimum atomic E-state index is -3.46. The lowest BCUT2D eigenvalue weighted by Gasteiger charge is -2.12. The molecule has 0 aromatic heterocycles. The minimum Gasteiger partial charge on any atom is -0.321 e. The van der Waals surface area contributed by atoms with Gasteiger partial charge in [-0.1, -0.05) is 19.4 Å². The normalized spacial score (nSPS) is 24.8. The second-order valence-corrected chi connectivity index (χ2v) is 4.46. The van der Waals surface area contributed by atoms with Crippen LogP contribution in [0.15, 0.2) is 12.4 Å². The molecule has 64 valence electrons. The lowest BCUT2D eigenvalue weighted by Crippen LogP contribution is -2.03. The molecule has 1 fully saturated rings. The summed E-state index contributed by atoms with van der Waals surface area (Å²) in [7, 11) is -3.46. The Morgan fingerprint density at radius 3 is 2.55 bits per heavy atom. The van der Waals surface area contributed by atoms with Crippen molar-refractivity contribution >= 4 is 7.60 Å². The molecule has 0 heterocycles. The molecule has 4 heteroatoms. The van der Waals surface area contributed by atoms with Crippen LogP contribution in [0.1, 0.15) is 25.7 Å². The predicted octanol–water partition coefficient (Wildman–Crippen LogP) is 2.27. The molecule has 1 saturated carbocycles. The lowest BCUT2D eigenvalue weighted by atomic mass is 10.3. The Morgan fingerprint density at radius 2 is 2.09 bits per heavy atom. The largest absolute Gasteiger partial charge is 0.351 e. The van der Waals surface area contributed by atoms with Crippen LogP contribution < -0.4 is 0 Å². The van der Waals surface area contributed by atoms with E-state index in [1.807, 2.05) is 0 Å². The second kappa shape index (κ2) is 3.53. The van der Waals surface area contributed by atoms with Gasteiger partial charge in [0.15, 0.2) is 0 Å². The molecule has 11 heavy (non-hydrogen) atoms. The molecular weight excluding hydrogens is 163 g/mol. The van der Waals surface area contributed by atoms with Crippen LogP contribution in [0.5, 0.6) is 0 Å². The smallest absolute Gasteiger partial charge is 0.321 e. The summed E-state index contributed by atoms with van der Waals surface area (Å²) in [6, 6.07) is 0. The highest BCUT2D eigenvalue weighted by atomic mass is 31.2. The van der Waals surface area contributed by atoms with E-state index in [9.17, 15) is 4.57 Å². The first kappa shape index (κ1) is 8.98. The maximum atomic E-state index is 11.0. The molecule has 0 saturated heterocycles. The third kappa shape index (κ3) is 2.78. The zero-order valence-corrected chi connectivity index (χ0v) is 7.30. The molecule has 1 N–H and O–H groups in total. The molecule has 0 radical (unpaired) electrons. The summed E-state index contributed by atoms with van der Waals surface area (Å²) in [4.78, 5) is 9.00. The highest BCUT2D eigenvalue weighted by Gasteiger charge is 2.23. The van der Waals surface area contributed by atoms with Gasteiger partial charge in [0.2, 0.25) is 0 Å². The van der Waals surface area contributed by atoms with Gasteiger partial charge in [-0.25, -0.2) is 0 Å². The van der Waals surface area contributed by atoms with Gasteiger partial charge in [-0.2, -0.15) is 0 Å². The van der Waals surface area contributed by atoms with Crippen molar-refractivity contribution in [1.82, 2.24) is 0 Å². The lowest BCUT2D eigenvalue weighted by molar-refractivity contribution is 0.185. The summed E-state index contributed by atoms with van der Waals surface area (Å²) < 4.78 is 15.9. The zero-order chi connectivity index (χ0) is 8.32. The number of rotatable bonds is 3. The van der Waals surface area contributed by atoms with Gasteiger partial charge in [0.05, 0.1) is 6.10 Å². The zero-order valence-electron chi connectivity index (χ0n) is 6.40. The van der Waals surface area contributed by atoms with Crippen molar-refractivity contribution in [2.75, 3.05) is 0 Å². The average molecular weight is 176 g/mol. The van der Waals surface area contributed by atoms with Gasteiger partial charge in [0.1, 0.15) is 0 Å². The SMILES string of the molecule is C=CP(=O)(O)OC1CCCC1. The van der Waals surface area contributed by atoms with Crippen LogP contribution in [0.25, 0.3) is 0 Å². The quantitative estimate of drug-likeness (QED) is 0.671. The molecule has 0 aromatic rings. The summed E-state index contributed by atoms with van der Waals surface area (Å²) in [5.41, 5.74) is 0. The van der Waals surface area contributed by atoms with E-state index >= 15 is 0 Å². The minimum absolute atomic E-state index is 0.0242. The second-order valence-electron chi connectivity index (χ2n) is 2.76. The average Bonchev–Trinajstić information content (AvgIpc) is 2.39. The van der Waals surface area contributed by atoms with E-state index in [0.29, 0.717) is 0 Å². The fraction of sp³-hybridized carbons (Fsp3) is 0.714. The molecule has 1 unspecified atom stereocenters. The van der Waals surface area contributed by atoms with Gasteiger partial charge in [-0.05, 0) is 12.8 Å². The van der Waals surface area contributed by atoms with Crippen molar-refractivity contribution in [3.63, 3.8) is 0 Å². The molecule has 1 rings (SSSR count). The predicted molar refractivity (Wildman–Crippen MR) is 43.4 cm³/mol. The standard InChI is InChI=1S/C7H13O3P/c1-2-11(8,9)10-7-5-3-4-6-7/h2,7H,1,3-6H2,(H,8,9). The summed E-state index contributed by atoms with van der Waals surface area (Å²) >= 11 is 0. The van der Waals surface area contributed by atoms with E-state index < -0.39 is 7.60 Å². The Kier molecular flexibility index (Phi) is 2.88. The van der Waals surface area contributed by atoms with E-state index in [1.165, 1.54) is 0 Å². The third-order valence-electron chi connectivity index (χ3n) is 1.83. The van der Waals surface area contributed by atoms with Crippen molar-refractivity contribution in [3.05, 3.63) is 12.4 Å². The summed E-state index contributed by atoms with van der Waals surface area (Å²) in [6.45, 7) is 3.24. The molecule has 0 bridgehead atoms. The Hall–Kier alpha value is -0.110. The Balaban J connectivity index is 2.40. The van der Waals surface area contributed by atoms with E-state index in [-0.39, 0.29) is 6.10 Å². The molecule has 0 aromatic carbocycles. The van der Waals surface area contributed by atoms with Gasteiger partial charge >= 0.3 is 7.60 Å². The van der Waals surface area contributed by atoms with Crippen molar-refractivity contribution in [3.8, 4) is 0 Å². The van der Waals surface area contributed by atoms with Crippen LogP contribution in [0.4, 0.5) is 0 Å². The van der Waals surface area contributed by atoms with Crippen molar-refractivity contribution in [2.24, 2.45) is 0 Å². The van der Waals surface area contributed by atoms with Crippen LogP contribution in [0.2, 0.25) is 0 Å². The van der Waals surface area contributed by atoms with Gasteiger partial charge < -0.3 is 9.42 Å². The van der Waals surface area contributed by atoms with Crippen LogP contribution in [0.3, 0.4) is 0 Å². The topological polar surface area (TPSA) is 46.5 Å². The first-order valence-electron chi connectivity index (χ1n) is 3.78. The Labute approximate surface area is 66.6 Å². The van der Waals surface area contributed by atoms with Crippen LogP contribution >= 0.6 is 7.60 Å². The van der Waals surface area contributed by atoms with Gasteiger partial charge in [0, 0.05) is 5.82 Å². The van der Waals surface area contributed by atoms with Crippen molar-refractivity contribution in [1.29, 1.82) is 0 Å². The van der Waals surface area contributed by atoms with E-state index in [1.54, 1.807) is 0 Å². The fourth-order valence-corrected chi connectivity index (χ4v) is 1.97.